The van der Waals surface area contributed by atoms with Gasteiger partial charge in [-0.2, -0.15) is 5.10 Å². The standard InChI is InChI=1S/C18H15Cl2N3O2S/c19-12-5-6-13(20)15(11-12)21-17(24)4-1-9-23-18(25)8-7-14(22-23)16-3-2-10-26-16/h2-3,5-8,10-11H,1,4,9H2,(H,21,24). The van der Waals surface area contributed by atoms with Crippen LogP contribution in [0.3, 0.4) is 0 Å². The number of halogens is 2. The quantitative estimate of drug-likeness (QED) is 0.643. The Hall–Kier alpha value is -2.15. The second-order valence-electron chi connectivity index (χ2n) is 5.53. The molecule has 0 spiro atoms. The van der Waals surface area contributed by atoms with Crippen molar-refractivity contribution in [2.45, 2.75) is 19.4 Å². The topological polar surface area (TPSA) is 64.0 Å². The summed E-state index contributed by atoms with van der Waals surface area (Å²) in [5.74, 6) is -0.198. The average molecular weight is 408 g/mol. The number of nitrogens with one attached hydrogen (secondary N) is 1. The maximum Gasteiger partial charge on any atom is 0.266 e. The molecule has 3 rings (SSSR count). The number of aromatic nitrogens is 2. The highest BCUT2D eigenvalue weighted by atomic mass is 35.5. The van der Waals surface area contributed by atoms with E-state index in [-0.39, 0.29) is 17.9 Å². The van der Waals surface area contributed by atoms with Crippen LogP contribution >= 0.6 is 34.5 Å². The molecule has 0 aliphatic carbocycles. The Morgan fingerprint density at radius 3 is 2.81 bits per heavy atom. The van der Waals surface area contributed by atoms with E-state index in [4.69, 9.17) is 23.2 Å². The van der Waals surface area contributed by atoms with E-state index >= 15 is 0 Å². The fraction of sp³-hybridized carbons (Fsp3) is 0.167. The lowest BCUT2D eigenvalue weighted by atomic mass is 10.2. The first kappa shape index (κ1) is 18.6. The first-order valence-electron chi connectivity index (χ1n) is 7.90. The van der Waals surface area contributed by atoms with E-state index < -0.39 is 0 Å². The number of rotatable bonds is 6. The van der Waals surface area contributed by atoms with E-state index in [0.29, 0.717) is 28.7 Å². The summed E-state index contributed by atoms with van der Waals surface area (Å²) in [5, 5.41) is 9.96. The van der Waals surface area contributed by atoms with Gasteiger partial charge in [-0.1, -0.05) is 29.3 Å². The Morgan fingerprint density at radius 1 is 1.19 bits per heavy atom. The van der Waals surface area contributed by atoms with Crippen molar-refractivity contribution >= 4 is 46.1 Å². The van der Waals surface area contributed by atoms with Crippen LogP contribution in [0.5, 0.6) is 0 Å². The number of carbonyl (C=O) groups excluding carboxylic acids is 1. The molecule has 8 heteroatoms. The van der Waals surface area contributed by atoms with Crippen LogP contribution in [0.4, 0.5) is 5.69 Å². The maximum atomic E-state index is 12.1. The van der Waals surface area contributed by atoms with Crippen molar-refractivity contribution in [2.24, 2.45) is 0 Å². The summed E-state index contributed by atoms with van der Waals surface area (Å²) < 4.78 is 1.38. The molecule has 3 aromatic rings. The predicted octanol–water partition coefficient (Wildman–Crippen LogP) is 4.70. The largest absolute Gasteiger partial charge is 0.325 e. The molecule has 1 N–H and O–H groups in total. The van der Waals surface area contributed by atoms with Gasteiger partial charge in [0.1, 0.15) is 5.69 Å². The number of amides is 1. The minimum Gasteiger partial charge on any atom is -0.325 e. The zero-order valence-corrected chi connectivity index (χ0v) is 15.9. The Balaban J connectivity index is 1.59. The van der Waals surface area contributed by atoms with E-state index in [1.807, 2.05) is 17.5 Å². The SMILES string of the molecule is O=C(CCCn1nc(-c2cccs2)ccc1=O)Nc1cc(Cl)ccc1Cl. The third-order valence-electron chi connectivity index (χ3n) is 3.62. The molecule has 134 valence electrons. The molecular weight excluding hydrogens is 393 g/mol. The van der Waals surface area contributed by atoms with Crippen LogP contribution in [0.2, 0.25) is 10.0 Å². The minimum atomic E-state index is -0.198. The monoisotopic (exact) mass is 407 g/mol. The second kappa shape index (κ2) is 8.49. The molecular formula is C18H15Cl2N3O2S. The van der Waals surface area contributed by atoms with Gasteiger partial charge in [0.2, 0.25) is 5.91 Å². The van der Waals surface area contributed by atoms with Gasteiger partial charge in [0.25, 0.3) is 5.56 Å². The summed E-state index contributed by atoms with van der Waals surface area (Å²) in [7, 11) is 0. The summed E-state index contributed by atoms with van der Waals surface area (Å²) >= 11 is 13.5. The van der Waals surface area contributed by atoms with Crippen LogP contribution < -0.4 is 10.9 Å². The Labute approximate surface area is 164 Å². The highest BCUT2D eigenvalue weighted by Gasteiger charge is 2.08. The summed E-state index contributed by atoms with van der Waals surface area (Å²) in [6, 6.07) is 12.0. The van der Waals surface area contributed by atoms with Crippen LogP contribution in [0.15, 0.2) is 52.6 Å². The highest BCUT2D eigenvalue weighted by molar-refractivity contribution is 7.13. The van der Waals surface area contributed by atoms with Gasteiger partial charge >= 0.3 is 0 Å². The zero-order valence-electron chi connectivity index (χ0n) is 13.6. The molecule has 0 fully saturated rings. The van der Waals surface area contributed by atoms with E-state index in [9.17, 15) is 9.59 Å². The third kappa shape index (κ3) is 4.72. The Bertz CT molecular complexity index is 971. The minimum absolute atomic E-state index is 0.191. The number of aryl methyl sites for hydroxylation is 1. The van der Waals surface area contributed by atoms with Gasteiger partial charge in [-0.3, -0.25) is 9.59 Å². The molecule has 26 heavy (non-hydrogen) atoms. The molecule has 0 aliphatic heterocycles. The molecule has 0 atom stereocenters. The van der Waals surface area contributed by atoms with Crippen LogP contribution in [-0.2, 0) is 11.3 Å². The molecule has 5 nitrogen and oxygen atoms in total. The normalized spacial score (nSPS) is 10.7. The van der Waals surface area contributed by atoms with Crippen molar-refractivity contribution in [1.29, 1.82) is 0 Å². The van der Waals surface area contributed by atoms with Gasteiger partial charge in [-0.15, -0.1) is 11.3 Å². The molecule has 2 aromatic heterocycles. The van der Waals surface area contributed by atoms with Gasteiger partial charge < -0.3 is 5.32 Å². The van der Waals surface area contributed by atoms with Gasteiger partial charge in [0.15, 0.2) is 0 Å². The average Bonchev–Trinajstić information content (AvgIpc) is 3.14. The fourth-order valence-electron chi connectivity index (χ4n) is 2.36. The van der Waals surface area contributed by atoms with Crippen LogP contribution in [-0.4, -0.2) is 15.7 Å². The van der Waals surface area contributed by atoms with E-state index in [1.54, 1.807) is 35.6 Å². The first-order valence-corrected chi connectivity index (χ1v) is 9.53. The Morgan fingerprint density at radius 2 is 2.04 bits per heavy atom. The molecule has 1 aromatic carbocycles. The predicted molar refractivity (Wildman–Crippen MR) is 106 cm³/mol. The van der Waals surface area contributed by atoms with Gasteiger partial charge in [-0.05, 0) is 42.1 Å². The molecule has 0 unspecified atom stereocenters. The second-order valence-corrected chi connectivity index (χ2v) is 7.32. The first-order chi connectivity index (χ1) is 12.5. The van der Waals surface area contributed by atoms with Gasteiger partial charge in [-0.25, -0.2) is 4.68 Å². The molecule has 2 heterocycles. The van der Waals surface area contributed by atoms with Crippen LogP contribution in [0.25, 0.3) is 10.6 Å². The third-order valence-corrected chi connectivity index (χ3v) is 5.07. The molecule has 0 bridgehead atoms. The maximum absolute atomic E-state index is 12.1. The van der Waals surface area contributed by atoms with Crippen molar-refractivity contribution in [3.63, 3.8) is 0 Å². The van der Waals surface area contributed by atoms with Crippen molar-refractivity contribution < 1.29 is 4.79 Å². The smallest absolute Gasteiger partial charge is 0.266 e. The van der Waals surface area contributed by atoms with Gasteiger partial charge in [0, 0.05) is 24.1 Å². The number of hydrogen-bond acceptors (Lipinski definition) is 4. The van der Waals surface area contributed by atoms with E-state index in [1.165, 1.54) is 10.7 Å². The lowest BCUT2D eigenvalue weighted by Crippen LogP contribution is -2.23. The lowest BCUT2D eigenvalue weighted by Gasteiger charge is -2.09. The van der Waals surface area contributed by atoms with Gasteiger partial charge in [0.05, 0.1) is 15.6 Å². The number of nitrogens with zero attached hydrogens (tertiary/aromatic N) is 2. The van der Waals surface area contributed by atoms with Crippen molar-refractivity contribution in [2.75, 3.05) is 5.32 Å². The summed E-state index contributed by atoms with van der Waals surface area (Å²) in [6.45, 7) is 0.356. The number of carbonyl (C=O) groups is 1. The van der Waals surface area contributed by atoms with Crippen LogP contribution in [0, 0.1) is 0 Å². The Kier molecular flexibility index (Phi) is 6.08. The number of thiophene rings is 1. The van der Waals surface area contributed by atoms with Crippen LogP contribution in [0.1, 0.15) is 12.8 Å². The summed E-state index contributed by atoms with van der Waals surface area (Å²) in [4.78, 5) is 25.0. The summed E-state index contributed by atoms with van der Waals surface area (Å²) in [6.07, 6.45) is 0.713. The van der Waals surface area contributed by atoms with E-state index in [0.717, 1.165) is 10.6 Å². The van der Waals surface area contributed by atoms with E-state index in [2.05, 4.69) is 10.4 Å². The number of hydrogen-bond donors (Lipinski definition) is 1. The lowest BCUT2D eigenvalue weighted by molar-refractivity contribution is -0.116. The molecule has 1 amide bonds. The molecule has 0 saturated heterocycles. The molecule has 0 saturated carbocycles. The zero-order chi connectivity index (χ0) is 18.5. The molecule has 0 radical (unpaired) electrons. The van der Waals surface area contributed by atoms with Crippen molar-refractivity contribution in [3.05, 3.63) is 68.2 Å². The summed E-state index contributed by atoms with van der Waals surface area (Å²) in [5.41, 5.74) is 1.03. The number of anilines is 1. The number of benzene rings is 1. The van der Waals surface area contributed by atoms with Crippen molar-refractivity contribution in [3.8, 4) is 10.6 Å². The fourth-order valence-corrected chi connectivity index (χ4v) is 3.39. The molecule has 0 aliphatic rings. The highest BCUT2D eigenvalue weighted by Crippen LogP contribution is 2.25. The van der Waals surface area contributed by atoms with Crippen molar-refractivity contribution in [1.82, 2.24) is 9.78 Å².